The van der Waals surface area contributed by atoms with Gasteiger partial charge in [0.2, 0.25) is 0 Å². The Kier molecular flexibility index (Phi) is 7.73. The van der Waals surface area contributed by atoms with E-state index in [1.54, 1.807) is 30.5 Å². The normalized spacial score (nSPS) is 12.3. The Labute approximate surface area is 206 Å². The first-order chi connectivity index (χ1) is 16.3. The number of benzene rings is 1. The number of rotatable bonds is 8. The fraction of sp³-hybridized carbons (Fsp3) is 0.158. The number of thiazole rings is 1. The van der Waals surface area contributed by atoms with E-state index in [0.29, 0.717) is 23.7 Å². The van der Waals surface area contributed by atoms with E-state index in [0.717, 1.165) is 20.9 Å². The molecule has 3 aromatic heterocycles. The van der Waals surface area contributed by atoms with Gasteiger partial charge in [-0.25, -0.2) is 19.3 Å². The van der Waals surface area contributed by atoms with Crippen molar-refractivity contribution < 1.29 is 23.7 Å². The maximum absolute atomic E-state index is 12.4. The molecule has 4 aromatic rings. The van der Waals surface area contributed by atoms with Crippen LogP contribution < -0.4 is 15.4 Å². The summed E-state index contributed by atoms with van der Waals surface area (Å²) in [4.78, 5) is 44.0. The maximum Gasteiger partial charge on any atom is 0.471 e. The molecule has 0 aliphatic heterocycles. The van der Waals surface area contributed by atoms with Crippen LogP contribution in [-0.4, -0.2) is 36.9 Å². The topological polar surface area (TPSA) is 151 Å². The van der Waals surface area contributed by atoms with Gasteiger partial charge < -0.3 is 20.4 Å². The average Bonchev–Trinajstić information content (AvgIpc) is 3.39. The van der Waals surface area contributed by atoms with Crippen molar-refractivity contribution in [2.45, 2.75) is 13.2 Å². The largest absolute Gasteiger partial charge is 0.471 e. The third-order valence-electron chi connectivity index (χ3n) is 4.31. The number of urea groups is 1. The SMILES string of the molecule is O=C(N=c1sc(CCNc2ncnc3ccsc23)cn1COP(=O)(O)O)Nc1cccc(Cl)c1. The molecule has 0 aliphatic carbocycles. The summed E-state index contributed by atoms with van der Waals surface area (Å²) in [5.74, 6) is 0.722. The van der Waals surface area contributed by atoms with Crippen molar-refractivity contribution in [3.63, 3.8) is 0 Å². The number of anilines is 2. The molecule has 34 heavy (non-hydrogen) atoms. The highest BCUT2D eigenvalue weighted by atomic mass is 35.5. The molecule has 0 atom stereocenters. The van der Waals surface area contributed by atoms with Crippen LogP contribution in [0.3, 0.4) is 0 Å². The van der Waals surface area contributed by atoms with Crippen molar-refractivity contribution in [1.82, 2.24) is 14.5 Å². The summed E-state index contributed by atoms with van der Waals surface area (Å²) in [7, 11) is -4.71. The van der Waals surface area contributed by atoms with Crippen LogP contribution in [0.1, 0.15) is 4.88 Å². The zero-order valence-corrected chi connectivity index (χ0v) is 20.6. The third kappa shape index (κ3) is 6.70. The van der Waals surface area contributed by atoms with E-state index >= 15 is 0 Å². The summed E-state index contributed by atoms with van der Waals surface area (Å²) < 4.78 is 18.1. The van der Waals surface area contributed by atoms with Crippen LogP contribution in [-0.2, 0) is 22.2 Å². The molecule has 0 bridgehead atoms. The van der Waals surface area contributed by atoms with Gasteiger partial charge in [-0.05, 0) is 29.6 Å². The van der Waals surface area contributed by atoms with Crippen LogP contribution in [0.25, 0.3) is 10.2 Å². The molecule has 2 amide bonds. The van der Waals surface area contributed by atoms with E-state index < -0.39 is 20.6 Å². The fourth-order valence-corrected chi connectivity index (χ4v) is 5.13. The number of nitrogens with one attached hydrogen (secondary N) is 2. The van der Waals surface area contributed by atoms with E-state index in [-0.39, 0.29) is 4.80 Å². The van der Waals surface area contributed by atoms with Gasteiger partial charge in [-0.3, -0.25) is 9.09 Å². The Balaban J connectivity index is 1.50. The number of hydrogen-bond donors (Lipinski definition) is 4. The van der Waals surface area contributed by atoms with Crippen LogP contribution in [0.15, 0.2) is 53.2 Å². The summed E-state index contributed by atoms with van der Waals surface area (Å²) in [5.41, 5.74) is 1.32. The highest BCUT2D eigenvalue weighted by Crippen LogP contribution is 2.36. The smallest absolute Gasteiger partial charge is 0.368 e. The number of nitrogens with zero attached hydrogens (tertiary/aromatic N) is 4. The van der Waals surface area contributed by atoms with Gasteiger partial charge in [0.25, 0.3) is 0 Å². The van der Waals surface area contributed by atoms with Crippen LogP contribution in [0.2, 0.25) is 5.02 Å². The first-order valence-corrected chi connectivity index (χ1v) is 13.3. The number of carbonyl (C=O) groups is 1. The number of amides is 2. The molecule has 0 radical (unpaired) electrons. The molecule has 0 spiro atoms. The monoisotopic (exact) mass is 540 g/mol. The van der Waals surface area contributed by atoms with Gasteiger partial charge in [0.1, 0.15) is 18.9 Å². The van der Waals surface area contributed by atoms with Gasteiger partial charge in [0.05, 0.1) is 10.2 Å². The van der Waals surface area contributed by atoms with E-state index in [9.17, 15) is 9.36 Å². The van der Waals surface area contributed by atoms with Crippen molar-refractivity contribution >= 4 is 69.9 Å². The van der Waals surface area contributed by atoms with Crippen LogP contribution in [0.5, 0.6) is 0 Å². The Hall–Kier alpha value is -2.64. The first kappa shape index (κ1) is 24.5. The quantitative estimate of drug-likeness (QED) is 0.244. The summed E-state index contributed by atoms with van der Waals surface area (Å²) in [6.45, 7) is 0.0528. The van der Waals surface area contributed by atoms with E-state index in [4.69, 9.17) is 21.4 Å². The first-order valence-electron chi connectivity index (χ1n) is 9.69. The van der Waals surface area contributed by atoms with E-state index in [1.165, 1.54) is 33.6 Å². The lowest BCUT2D eigenvalue weighted by molar-refractivity contribution is 0.152. The van der Waals surface area contributed by atoms with Crippen LogP contribution in [0.4, 0.5) is 16.3 Å². The van der Waals surface area contributed by atoms with Gasteiger partial charge in [0.15, 0.2) is 4.80 Å². The minimum absolute atomic E-state index is 0.214. The lowest BCUT2D eigenvalue weighted by atomic mass is 10.3. The molecule has 0 unspecified atom stereocenters. The number of phosphoric ester groups is 1. The number of phosphoric acid groups is 1. The molecule has 3 heterocycles. The highest BCUT2D eigenvalue weighted by Gasteiger charge is 2.15. The van der Waals surface area contributed by atoms with Crippen LogP contribution >= 0.6 is 42.1 Å². The van der Waals surface area contributed by atoms with Gasteiger partial charge >= 0.3 is 13.9 Å². The zero-order valence-electron chi connectivity index (χ0n) is 17.3. The molecule has 15 heteroatoms. The molecule has 0 saturated heterocycles. The highest BCUT2D eigenvalue weighted by molar-refractivity contribution is 7.46. The molecule has 0 saturated carbocycles. The number of fused-ring (bicyclic) bond motifs is 1. The van der Waals surface area contributed by atoms with Crippen molar-refractivity contribution in [2.75, 3.05) is 17.2 Å². The lowest BCUT2D eigenvalue weighted by Gasteiger charge is -2.06. The second kappa shape index (κ2) is 10.7. The van der Waals surface area contributed by atoms with Gasteiger partial charge in [-0.2, -0.15) is 4.99 Å². The average molecular weight is 541 g/mol. The predicted molar refractivity (Wildman–Crippen MR) is 131 cm³/mol. The Morgan fingerprint density at radius 3 is 2.94 bits per heavy atom. The zero-order chi connectivity index (χ0) is 24.1. The fourth-order valence-electron chi connectivity index (χ4n) is 2.89. The number of hydrogen-bond acceptors (Lipinski definition) is 8. The summed E-state index contributed by atoms with van der Waals surface area (Å²) >= 11 is 8.67. The standard InChI is InChI=1S/C19H18ClN6O5PS2/c20-12-2-1-3-13(8-12)24-18(27)25-19-26(11-31-32(28,29)30)9-14(34-19)4-6-21-17-16-15(5-7-33-16)22-10-23-17/h1-3,5,7-10H,4,6,11H2,(H,24,27)(H,21,22,23)(H2,28,29,30). The lowest BCUT2D eigenvalue weighted by Crippen LogP contribution is -2.19. The second-order valence-electron chi connectivity index (χ2n) is 6.78. The van der Waals surface area contributed by atoms with Crippen molar-refractivity contribution in [3.05, 3.63) is 62.9 Å². The Morgan fingerprint density at radius 2 is 2.15 bits per heavy atom. The minimum Gasteiger partial charge on any atom is -0.368 e. The van der Waals surface area contributed by atoms with Gasteiger partial charge in [-0.15, -0.1) is 22.7 Å². The minimum atomic E-state index is -4.71. The molecular weight excluding hydrogens is 523 g/mol. The van der Waals surface area contributed by atoms with Gasteiger partial charge in [0, 0.05) is 34.7 Å². The molecule has 0 aliphatic rings. The van der Waals surface area contributed by atoms with E-state index in [1.807, 2.05) is 11.4 Å². The Morgan fingerprint density at radius 1 is 1.29 bits per heavy atom. The Bertz CT molecular complexity index is 1430. The van der Waals surface area contributed by atoms with Crippen LogP contribution in [0, 0.1) is 0 Å². The summed E-state index contributed by atoms with van der Waals surface area (Å²) in [5, 5.41) is 8.26. The predicted octanol–water partition coefficient (Wildman–Crippen LogP) is 4.06. The number of carbonyl (C=O) groups excluding carboxylic acids is 1. The molecule has 4 N–H and O–H groups in total. The number of aromatic nitrogens is 3. The summed E-state index contributed by atoms with van der Waals surface area (Å²) in [6.07, 6.45) is 3.67. The van der Waals surface area contributed by atoms with Crippen molar-refractivity contribution in [2.24, 2.45) is 4.99 Å². The molecule has 178 valence electrons. The molecular formula is C19H18ClN6O5PS2. The van der Waals surface area contributed by atoms with Crippen molar-refractivity contribution in [1.29, 1.82) is 0 Å². The second-order valence-corrected chi connectivity index (χ2v) is 10.5. The molecule has 1 aromatic carbocycles. The number of halogens is 1. The molecule has 4 rings (SSSR count). The maximum atomic E-state index is 12.4. The van der Waals surface area contributed by atoms with Crippen molar-refractivity contribution in [3.8, 4) is 0 Å². The molecule has 0 fully saturated rings. The number of thiophene rings is 1. The molecule has 11 nitrogen and oxygen atoms in total. The summed E-state index contributed by atoms with van der Waals surface area (Å²) in [6, 6.07) is 7.84. The van der Waals surface area contributed by atoms with Gasteiger partial charge in [-0.1, -0.05) is 17.7 Å². The third-order valence-corrected chi connectivity index (χ3v) is 6.99. The van der Waals surface area contributed by atoms with E-state index in [2.05, 4.69) is 30.1 Å².